The lowest BCUT2D eigenvalue weighted by Gasteiger charge is -2.30. The zero-order chi connectivity index (χ0) is 25.4. The van der Waals surface area contributed by atoms with E-state index in [4.69, 9.17) is 14.2 Å². The average Bonchev–Trinajstić information content (AvgIpc) is 2.82. The number of unbranched alkanes of at least 4 members (excludes halogenated alkanes) is 1. The van der Waals surface area contributed by atoms with Crippen molar-refractivity contribution in [3.63, 3.8) is 0 Å². The van der Waals surface area contributed by atoms with Crippen LogP contribution < -0.4 is 20.1 Å². The fraction of sp³-hybridized carbons (Fsp3) is 0.429. The lowest BCUT2D eigenvalue weighted by molar-refractivity contribution is -0.143. The summed E-state index contributed by atoms with van der Waals surface area (Å²) in [6, 6.07) is 12.6. The summed E-state index contributed by atoms with van der Waals surface area (Å²) in [5.74, 6) is 0.704. The van der Waals surface area contributed by atoms with E-state index in [1.807, 2.05) is 56.3 Å². The second-order valence-electron chi connectivity index (χ2n) is 8.89. The van der Waals surface area contributed by atoms with Crippen LogP contribution in [0.3, 0.4) is 0 Å². The van der Waals surface area contributed by atoms with Gasteiger partial charge >= 0.3 is 12.0 Å². The Hall–Kier alpha value is -3.48. The van der Waals surface area contributed by atoms with E-state index in [1.54, 1.807) is 13.8 Å². The van der Waals surface area contributed by atoms with Crippen molar-refractivity contribution < 1.29 is 23.8 Å². The van der Waals surface area contributed by atoms with Crippen LogP contribution in [0.5, 0.6) is 11.5 Å². The number of aryl methyl sites for hydroxylation is 1. The van der Waals surface area contributed by atoms with E-state index in [9.17, 15) is 9.59 Å². The van der Waals surface area contributed by atoms with E-state index >= 15 is 0 Å². The summed E-state index contributed by atoms with van der Waals surface area (Å²) < 4.78 is 17.5. The number of rotatable bonds is 11. The van der Waals surface area contributed by atoms with Gasteiger partial charge in [-0.15, -0.1) is 0 Å². The van der Waals surface area contributed by atoms with Gasteiger partial charge in [0, 0.05) is 5.70 Å². The van der Waals surface area contributed by atoms with Crippen molar-refractivity contribution in [2.24, 2.45) is 0 Å². The molecule has 1 aliphatic heterocycles. The molecule has 1 atom stereocenters. The average molecular weight is 481 g/mol. The van der Waals surface area contributed by atoms with E-state index < -0.39 is 12.0 Å². The van der Waals surface area contributed by atoms with Gasteiger partial charge in [0.25, 0.3) is 0 Å². The Morgan fingerprint density at radius 3 is 2.43 bits per heavy atom. The molecule has 0 aromatic heterocycles. The highest BCUT2D eigenvalue weighted by atomic mass is 16.5. The Morgan fingerprint density at radius 2 is 1.77 bits per heavy atom. The molecule has 2 N–H and O–H groups in total. The van der Waals surface area contributed by atoms with E-state index in [0.29, 0.717) is 42.4 Å². The Balaban J connectivity index is 1.94. The molecule has 1 aliphatic rings. The van der Waals surface area contributed by atoms with Crippen molar-refractivity contribution in [1.82, 2.24) is 10.6 Å². The molecule has 7 heteroatoms. The van der Waals surface area contributed by atoms with Crippen LogP contribution in [0.1, 0.15) is 69.7 Å². The molecular formula is C28H36N2O5. The minimum Gasteiger partial charge on any atom is -0.490 e. The first-order valence-corrected chi connectivity index (χ1v) is 12.3. The molecule has 0 saturated carbocycles. The molecular weight excluding hydrogens is 444 g/mol. The summed E-state index contributed by atoms with van der Waals surface area (Å²) in [6.45, 7) is 10.5. The Labute approximate surface area is 207 Å². The number of urea groups is 1. The zero-order valence-electron chi connectivity index (χ0n) is 21.3. The molecule has 2 aromatic rings. The molecule has 0 bridgehead atoms. The first-order valence-electron chi connectivity index (χ1n) is 12.3. The molecule has 7 nitrogen and oxygen atoms in total. The molecule has 1 unspecified atom stereocenters. The number of carbonyl (C=O) groups is 2. The number of ether oxygens (including phenoxy) is 3. The number of carbonyl (C=O) groups excluding carboxylic acids is 2. The molecule has 188 valence electrons. The normalized spacial score (nSPS) is 15.5. The molecule has 1 heterocycles. The van der Waals surface area contributed by atoms with Gasteiger partial charge in [-0.3, -0.25) is 0 Å². The van der Waals surface area contributed by atoms with Crippen LogP contribution in [-0.2, 0) is 16.1 Å². The minimum atomic E-state index is -0.660. The van der Waals surface area contributed by atoms with E-state index in [0.717, 1.165) is 24.0 Å². The number of hydrogen-bond donors (Lipinski definition) is 2. The van der Waals surface area contributed by atoms with Crippen molar-refractivity contribution in [3.05, 3.63) is 70.4 Å². The number of nitrogens with one attached hydrogen (secondary N) is 2. The summed E-state index contributed by atoms with van der Waals surface area (Å²) in [7, 11) is 0. The van der Waals surface area contributed by atoms with Crippen molar-refractivity contribution in [2.75, 3.05) is 6.61 Å². The molecule has 3 rings (SSSR count). The van der Waals surface area contributed by atoms with Crippen molar-refractivity contribution >= 4 is 12.0 Å². The molecule has 0 saturated heterocycles. The highest BCUT2D eigenvalue weighted by molar-refractivity contribution is 5.95. The number of esters is 1. The molecule has 0 fully saturated rings. The highest BCUT2D eigenvalue weighted by Gasteiger charge is 2.34. The van der Waals surface area contributed by atoms with Crippen molar-refractivity contribution in [2.45, 2.75) is 72.6 Å². The maximum absolute atomic E-state index is 13.1. The van der Waals surface area contributed by atoms with Gasteiger partial charge in [0.2, 0.25) is 0 Å². The quantitative estimate of drug-likeness (QED) is 0.402. The van der Waals surface area contributed by atoms with Crippen LogP contribution in [0, 0.1) is 6.92 Å². The van der Waals surface area contributed by atoms with E-state index in [-0.39, 0.29) is 12.1 Å². The topological polar surface area (TPSA) is 85.9 Å². The van der Waals surface area contributed by atoms with Crippen molar-refractivity contribution in [3.8, 4) is 11.5 Å². The predicted octanol–water partition coefficient (Wildman–Crippen LogP) is 5.72. The third kappa shape index (κ3) is 7.01. The van der Waals surface area contributed by atoms with Crippen LogP contribution in [0.2, 0.25) is 0 Å². The Morgan fingerprint density at radius 1 is 1.03 bits per heavy atom. The summed E-state index contributed by atoms with van der Waals surface area (Å²) in [6.07, 6.45) is 2.08. The number of amides is 2. The van der Waals surface area contributed by atoms with Gasteiger partial charge in [0.1, 0.15) is 6.61 Å². The summed E-state index contributed by atoms with van der Waals surface area (Å²) in [5, 5.41) is 5.71. The first kappa shape index (κ1) is 26.1. The van der Waals surface area contributed by atoms with Crippen LogP contribution in [-0.4, -0.2) is 24.7 Å². The maximum atomic E-state index is 13.1. The Kier molecular flexibility index (Phi) is 9.18. The standard InChI is InChI=1S/C28H36N2O5/c1-6-8-9-22-25(27(31)35-18(3)4)26(30-28(32)29-22)21-14-15-23(24(16-21)33-7-2)34-17-20-12-10-19(5)11-13-20/h10-16,18,26H,6-9,17H2,1-5H3,(H2,29,30,32). The largest absolute Gasteiger partial charge is 0.490 e. The van der Waals surface area contributed by atoms with Crippen LogP contribution in [0.4, 0.5) is 4.79 Å². The number of allylic oxidation sites excluding steroid dienone is 1. The lowest BCUT2D eigenvalue weighted by atomic mass is 9.93. The lowest BCUT2D eigenvalue weighted by Crippen LogP contribution is -2.46. The van der Waals surface area contributed by atoms with Gasteiger partial charge in [-0.1, -0.05) is 49.2 Å². The van der Waals surface area contributed by atoms with E-state index in [2.05, 4.69) is 17.6 Å². The summed E-state index contributed by atoms with van der Waals surface area (Å²) in [5.41, 5.74) is 3.98. The summed E-state index contributed by atoms with van der Waals surface area (Å²) in [4.78, 5) is 25.6. The smallest absolute Gasteiger partial charge is 0.338 e. The molecule has 2 amide bonds. The molecule has 0 aliphatic carbocycles. The van der Waals surface area contributed by atoms with Crippen LogP contribution >= 0.6 is 0 Å². The molecule has 35 heavy (non-hydrogen) atoms. The number of benzene rings is 2. The minimum absolute atomic E-state index is 0.280. The van der Waals surface area contributed by atoms with Gasteiger partial charge in [0.05, 0.1) is 24.3 Å². The van der Waals surface area contributed by atoms with Gasteiger partial charge in [-0.05, 0) is 63.8 Å². The fourth-order valence-corrected chi connectivity index (χ4v) is 3.87. The van der Waals surface area contributed by atoms with Crippen LogP contribution in [0.25, 0.3) is 0 Å². The Bertz CT molecular complexity index is 1060. The third-order valence-electron chi connectivity index (χ3n) is 5.61. The summed E-state index contributed by atoms with van der Waals surface area (Å²) >= 11 is 0. The van der Waals surface area contributed by atoms with Gasteiger partial charge in [0.15, 0.2) is 11.5 Å². The number of hydrogen-bond acceptors (Lipinski definition) is 5. The van der Waals surface area contributed by atoms with Gasteiger partial charge < -0.3 is 24.8 Å². The van der Waals surface area contributed by atoms with Crippen molar-refractivity contribution in [1.29, 1.82) is 0 Å². The maximum Gasteiger partial charge on any atom is 0.338 e. The second-order valence-corrected chi connectivity index (χ2v) is 8.89. The molecule has 0 radical (unpaired) electrons. The predicted molar refractivity (Wildman–Crippen MR) is 135 cm³/mol. The second kappa shape index (κ2) is 12.3. The van der Waals surface area contributed by atoms with Gasteiger partial charge in [-0.2, -0.15) is 0 Å². The van der Waals surface area contributed by atoms with Crippen LogP contribution in [0.15, 0.2) is 53.7 Å². The van der Waals surface area contributed by atoms with Gasteiger partial charge in [-0.25, -0.2) is 9.59 Å². The highest BCUT2D eigenvalue weighted by Crippen LogP contribution is 2.36. The molecule has 0 spiro atoms. The molecule has 2 aromatic carbocycles. The SMILES string of the molecule is CCCCC1=C(C(=O)OC(C)C)C(c2ccc(OCc3ccc(C)cc3)c(OCC)c2)NC(=O)N1. The monoisotopic (exact) mass is 480 g/mol. The first-order chi connectivity index (χ1) is 16.8. The third-order valence-corrected chi connectivity index (χ3v) is 5.61. The fourth-order valence-electron chi connectivity index (χ4n) is 3.87. The zero-order valence-corrected chi connectivity index (χ0v) is 21.3. The van der Waals surface area contributed by atoms with E-state index in [1.165, 1.54) is 5.56 Å².